The highest BCUT2D eigenvalue weighted by atomic mass is 16.5. The van der Waals surface area contributed by atoms with Gasteiger partial charge in [0.15, 0.2) is 5.82 Å². The number of aromatic nitrogens is 2. The van der Waals surface area contributed by atoms with Crippen molar-refractivity contribution in [3.05, 3.63) is 53.2 Å². The van der Waals surface area contributed by atoms with Gasteiger partial charge in [-0.05, 0) is 51.0 Å². The molecule has 1 aliphatic rings. The second-order valence-electron chi connectivity index (χ2n) is 6.67. The number of hydrogen-bond acceptors (Lipinski definition) is 4. The van der Waals surface area contributed by atoms with E-state index in [0.29, 0.717) is 29.7 Å². The summed E-state index contributed by atoms with van der Waals surface area (Å²) in [6, 6.07) is 9.05. The van der Waals surface area contributed by atoms with Gasteiger partial charge in [0, 0.05) is 36.5 Å². The molecule has 1 aliphatic heterocycles. The highest BCUT2D eigenvalue weighted by molar-refractivity contribution is 6.04. The molecule has 2 heterocycles. The van der Waals surface area contributed by atoms with Crippen molar-refractivity contribution in [3.63, 3.8) is 0 Å². The summed E-state index contributed by atoms with van der Waals surface area (Å²) in [6.07, 6.45) is 3.94. The zero-order valence-electron chi connectivity index (χ0n) is 15.2. The molecule has 1 fully saturated rings. The van der Waals surface area contributed by atoms with E-state index in [1.54, 1.807) is 12.1 Å². The molecule has 6 nitrogen and oxygen atoms in total. The number of benzene rings is 1. The molecule has 0 bridgehead atoms. The molecule has 0 unspecified atom stereocenters. The van der Waals surface area contributed by atoms with Crippen LogP contribution >= 0.6 is 0 Å². The minimum absolute atomic E-state index is 0.206. The third-order valence-corrected chi connectivity index (χ3v) is 4.34. The fourth-order valence-electron chi connectivity index (χ4n) is 2.84. The van der Waals surface area contributed by atoms with Gasteiger partial charge in [-0.2, -0.15) is 5.10 Å². The number of H-pyrrole nitrogens is 1. The second kappa shape index (κ2) is 8.67. The molecule has 6 heteroatoms. The smallest absolute Gasteiger partial charge is 0.256 e. The first kappa shape index (κ1) is 18.2. The van der Waals surface area contributed by atoms with Crippen LogP contribution in [0.3, 0.4) is 0 Å². The van der Waals surface area contributed by atoms with Gasteiger partial charge in [-0.25, -0.2) is 0 Å². The van der Waals surface area contributed by atoms with Crippen LogP contribution in [0, 0.1) is 0 Å². The maximum absolute atomic E-state index is 12.5. The molecular weight excluding hydrogens is 330 g/mol. The van der Waals surface area contributed by atoms with E-state index in [1.165, 1.54) is 5.57 Å². The number of nitrogens with zero attached hydrogens (tertiary/aromatic N) is 1. The summed E-state index contributed by atoms with van der Waals surface area (Å²) in [4.78, 5) is 12.5. The van der Waals surface area contributed by atoms with E-state index in [0.717, 1.165) is 31.7 Å². The number of hydrogen-bond donors (Lipinski definition) is 2. The number of ether oxygens (including phenoxy) is 2. The molecule has 0 saturated carbocycles. The van der Waals surface area contributed by atoms with E-state index in [9.17, 15) is 4.79 Å². The van der Waals surface area contributed by atoms with Gasteiger partial charge in [0.25, 0.3) is 5.91 Å². The molecule has 138 valence electrons. The molecule has 0 atom stereocenters. The topological polar surface area (TPSA) is 76.2 Å². The van der Waals surface area contributed by atoms with Crippen molar-refractivity contribution in [1.29, 1.82) is 0 Å². The first-order chi connectivity index (χ1) is 12.6. The van der Waals surface area contributed by atoms with Gasteiger partial charge >= 0.3 is 0 Å². The largest absolute Gasteiger partial charge is 0.490 e. The zero-order valence-corrected chi connectivity index (χ0v) is 15.2. The normalized spacial score (nSPS) is 14.7. The molecule has 1 aromatic heterocycles. The van der Waals surface area contributed by atoms with Crippen molar-refractivity contribution >= 4 is 11.7 Å². The summed E-state index contributed by atoms with van der Waals surface area (Å²) in [5, 5.41) is 10.1. The Morgan fingerprint density at radius 2 is 2.15 bits per heavy atom. The van der Waals surface area contributed by atoms with Crippen LogP contribution in [0.5, 0.6) is 5.75 Å². The van der Waals surface area contributed by atoms with Gasteiger partial charge in [-0.3, -0.25) is 9.89 Å². The Balaban J connectivity index is 1.61. The molecule has 1 amide bonds. The summed E-state index contributed by atoms with van der Waals surface area (Å²) in [6.45, 7) is 6.06. The van der Waals surface area contributed by atoms with E-state index in [4.69, 9.17) is 9.47 Å². The summed E-state index contributed by atoms with van der Waals surface area (Å²) < 4.78 is 11.0. The summed E-state index contributed by atoms with van der Waals surface area (Å²) in [7, 11) is 0. The lowest BCUT2D eigenvalue weighted by Crippen LogP contribution is -2.14. The number of carbonyl (C=O) groups excluding carboxylic acids is 1. The highest BCUT2D eigenvalue weighted by Crippen LogP contribution is 2.26. The highest BCUT2D eigenvalue weighted by Gasteiger charge is 2.19. The van der Waals surface area contributed by atoms with Gasteiger partial charge < -0.3 is 14.8 Å². The summed E-state index contributed by atoms with van der Waals surface area (Å²) in [5.74, 6) is 1.41. The third-order valence-electron chi connectivity index (χ3n) is 4.34. The van der Waals surface area contributed by atoms with Crippen LogP contribution in [0.25, 0.3) is 0 Å². The Morgan fingerprint density at radius 1 is 1.35 bits per heavy atom. The number of rotatable bonds is 6. The number of amides is 1. The molecule has 26 heavy (non-hydrogen) atoms. The van der Waals surface area contributed by atoms with Crippen molar-refractivity contribution in [3.8, 4) is 5.75 Å². The minimum Gasteiger partial charge on any atom is -0.490 e. The van der Waals surface area contributed by atoms with Crippen molar-refractivity contribution in [2.24, 2.45) is 0 Å². The van der Waals surface area contributed by atoms with Crippen LogP contribution in [0.4, 0.5) is 5.82 Å². The molecule has 3 rings (SSSR count). The van der Waals surface area contributed by atoms with Crippen LogP contribution in [0.2, 0.25) is 0 Å². The van der Waals surface area contributed by atoms with Crippen molar-refractivity contribution in [2.45, 2.75) is 32.6 Å². The Labute approximate surface area is 153 Å². The standard InChI is InChI=1S/C20H25N3O3/c1-14(2)6-11-26-17-5-3-4-16(12-17)20(24)21-19-13-18(22-23-19)15-7-9-25-10-8-15/h3-6,12-13,15H,7-11H2,1-2H3,(H2,21,22,23,24). The van der Waals surface area contributed by atoms with Crippen molar-refractivity contribution in [1.82, 2.24) is 10.2 Å². The predicted octanol–water partition coefficient (Wildman–Crippen LogP) is 3.90. The lowest BCUT2D eigenvalue weighted by molar-refractivity contribution is 0.0845. The van der Waals surface area contributed by atoms with Crippen molar-refractivity contribution < 1.29 is 14.3 Å². The van der Waals surface area contributed by atoms with Crippen LogP contribution < -0.4 is 10.1 Å². The van der Waals surface area contributed by atoms with E-state index < -0.39 is 0 Å². The first-order valence-corrected chi connectivity index (χ1v) is 8.92. The fourth-order valence-corrected chi connectivity index (χ4v) is 2.84. The Kier molecular flexibility index (Phi) is 6.07. The predicted molar refractivity (Wildman–Crippen MR) is 101 cm³/mol. The molecule has 1 saturated heterocycles. The fraction of sp³-hybridized carbons (Fsp3) is 0.400. The van der Waals surface area contributed by atoms with Crippen LogP contribution in [-0.2, 0) is 4.74 Å². The molecule has 0 spiro atoms. The summed E-state index contributed by atoms with van der Waals surface area (Å²) >= 11 is 0. The van der Waals surface area contributed by atoms with E-state index >= 15 is 0 Å². The lowest BCUT2D eigenvalue weighted by atomic mass is 9.97. The molecular formula is C20H25N3O3. The van der Waals surface area contributed by atoms with Crippen LogP contribution in [-0.4, -0.2) is 35.9 Å². The number of anilines is 1. The maximum atomic E-state index is 12.5. The van der Waals surface area contributed by atoms with E-state index in [1.807, 2.05) is 38.1 Å². The third kappa shape index (κ3) is 4.95. The van der Waals surface area contributed by atoms with Crippen LogP contribution in [0.15, 0.2) is 42.0 Å². The first-order valence-electron chi connectivity index (χ1n) is 8.92. The average molecular weight is 355 g/mol. The van der Waals surface area contributed by atoms with Gasteiger partial charge in [-0.1, -0.05) is 11.6 Å². The Bertz CT molecular complexity index is 772. The SMILES string of the molecule is CC(C)=CCOc1cccc(C(=O)Nc2cc(C3CCOCC3)[nH]n2)c1. The minimum atomic E-state index is -0.206. The average Bonchev–Trinajstić information content (AvgIpc) is 3.11. The number of aromatic amines is 1. The summed E-state index contributed by atoms with van der Waals surface area (Å²) in [5.41, 5.74) is 2.77. The number of nitrogens with one attached hydrogen (secondary N) is 2. The van der Waals surface area contributed by atoms with Gasteiger partial charge in [0.05, 0.1) is 0 Å². The number of carbonyl (C=O) groups is 1. The zero-order chi connectivity index (χ0) is 18.4. The number of allylic oxidation sites excluding steroid dienone is 1. The molecule has 2 aromatic rings. The molecule has 0 aliphatic carbocycles. The molecule has 1 aromatic carbocycles. The van der Waals surface area contributed by atoms with Gasteiger partial charge in [0.2, 0.25) is 0 Å². The molecule has 0 radical (unpaired) electrons. The van der Waals surface area contributed by atoms with Gasteiger partial charge in [0.1, 0.15) is 12.4 Å². The molecule has 2 N–H and O–H groups in total. The van der Waals surface area contributed by atoms with Crippen LogP contribution in [0.1, 0.15) is 48.7 Å². The Morgan fingerprint density at radius 3 is 2.92 bits per heavy atom. The lowest BCUT2D eigenvalue weighted by Gasteiger charge is -2.20. The monoisotopic (exact) mass is 355 g/mol. The second-order valence-corrected chi connectivity index (χ2v) is 6.67. The van der Waals surface area contributed by atoms with E-state index in [-0.39, 0.29) is 5.91 Å². The van der Waals surface area contributed by atoms with Gasteiger partial charge in [-0.15, -0.1) is 0 Å². The Hall–Kier alpha value is -2.60. The maximum Gasteiger partial charge on any atom is 0.256 e. The van der Waals surface area contributed by atoms with E-state index in [2.05, 4.69) is 15.5 Å². The van der Waals surface area contributed by atoms with Crippen molar-refractivity contribution in [2.75, 3.05) is 25.1 Å². The quantitative estimate of drug-likeness (QED) is 0.771.